The Labute approximate surface area is 140 Å². The third kappa shape index (κ3) is 4.48. The zero-order chi connectivity index (χ0) is 17.7. The molecule has 0 saturated heterocycles. The lowest BCUT2D eigenvalue weighted by molar-refractivity contribution is 0.0955. The zero-order valence-electron chi connectivity index (χ0n) is 13.6. The lowest BCUT2D eigenvalue weighted by Crippen LogP contribution is -2.38. The molecule has 1 aromatic heterocycles. The van der Waals surface area contributed by atoms with Crippen molar-refractivity contribution in [3.05, 3.63) is 41.7 Å². The molecule has 8 nitrogen and oxygen atoms in total. The molecule has 0 atom stereocenters. The van der Waals surface area contributed by atoms with Crippen molar-refractivity contribution in [2.45, 2.75) is 6.92 Å². The first-order chi connectivity index (χ1) is 11.3. The minimum absolute atomic E-state index is 0.0483. The van der Waals surface area contributed by atoms with Crippen molar-refractivity contribution < 1.29 is 22.5 Å². The Kier molecular flexibility index (Phi) is 5.45. The van der Waals surface area contributed by atoms with Gasteiger partial charge in [0.2, 0.25) is 10.0 Å². The van der Waals surface area contributed by atoms with E-state index < -0.39 is 10.0 Å². The van der Waals surface area contributed by atoms with Crippen molar-refractivity contribution in [2.75, 3.05) is 30.8 Å². The fraction of sp³-hybridized carbons (Fsp3) is 0.333. The van der Waals surface area contributed by atoms with Crippen LogP contribution in [0, 0.1) is 6.92 Å². The summed E-state index contributed by atoms with van der Waals surface area (Å²) < 4.78 is 34.8. The first-order valence-electron chi connectivity index (χ1n) is 7.14. The summed E-state index contributed by atoms with van der Waals surface area (Å²) in [6.45, 7) is 1.85. The fourth-order valence-electron chi connectivity index (χ4n) is 2.04. The SMILES string of the molecule is COc1ccc(C(=O)NCCN(c2cc(C)on2)S(C)(=O)=O)cc1. The second-order valence-corrected chi connectivity index (χ2v) is 7.02. The van der Waals surface area contributed by atoms with Gasteiger partial charge in [0.25, 0.3) is 5.91 Å². The topological polar surface area (TPSA) is 102 Å². The summed E-state index contributed by atoms with van der Waals surface area (Å²) in [5.41, 5.74) is 0.457. The van der Waals surface area contributed by atoms with Crippen LogP contribution in [0.1, 0.15) is 16.1 Å². The molecule has 0 aliphatic heterocycles. The van der Waals surface area contributed by atoms with Crippen molar-refractivity contribution in [1.82, 2.24) is 10.5 Å². The molecule has 0 unspecified atom stereocenters. The summed E-state index contributed by atoms with van der Waals surface area (Å²) in [5, 5.41) is 6.37. The van der Waals surface area contributed by atoms with Crippen LogP contribution in [0.2, 0.25) is 0 Å². The van der Waals surface area contributed by atoms with Crippen LogP contribution < -0.4 is 14.4 Å². The molecular weight excluding hydrogens is 334 g/mol. The molecule has 1 amide bonds. The van der Waals surface area contributed by atoms with E-state index in [1.807, 2.05) is 0 Å². The molecule has 9 heteroatoms. The van der Waals surface area contributed by atoms with Crippen molar-refractivity contribution in [2.24, 2.45) is 0 Å². The van der Waals surface area contributed by atoms with Gasteiger partial charge in [-0.2, -0.15) is 0 Å². The standard InChI is InChI=1S/C15H19N3O5S/c1-11-10-14(17-23-11)18(24(3,20)21)9-8-16-15(19)12-4-6-13(22-2)7-5-12/h4-7,10H,8-9H2,1-3H3,(H,16,19). The highest BCUT2D eigenvalue weighted by Crippen LogP contribution is 2.16. The zero-order valence-corrected chi connectivity index (χ0v) is 14.5. The van der Waals surface area contributed by atoms with Gasteiger partial charge in [0.15, 0.2) is 5.82 Å². The van der Waals surface area contributed by atoms with Gasteiger partial charge in [0, 0.05) is 18.2 Å². The van der Waals surface area contributed by atoms with Gasteiger partial charge in [0.1, 0.15) is 11.5 Å². The van der Waals surface area contributed by atoms with Crippen LogP contribution in [0.3, 0.4) is 0 Å². The number of aromatic nitrogens is 1. The number of aryl methyl sites for hydroxylation is 1. The van der Waals surface area contributed by atoms with Gasteiger partial charge in [-0.15, -0.1) is 0 Å². The van der Waals surface area contributed by atoms with E-state index in [9.17, 15) is 13.2 Å². The number of nitrogens with one attached hydrogen (secondary N) is 1. The van der Waals surface area contributed by atoms with E-state index in [1.54, 1.807) is 38.3 Å². The number of rotatable bonds is 7. The largest absolute Gasteiger partial charge is 0.497 e. The molecule has 0 spiro atoms. The van der Waals surface area contributed by atoms with E-state index in [0.717, 1.165) is 10.6 Å². The lowest BCUT2D eigenvalue weighted by Gasteiger charge is -2.19. The van der Waals surface area contributed by atoms with E-state index >= 15 is 0 Å². The summed E-state index contributed by atoms with van der Waals surface area (Å²) in [6.07, 6.45) is 1.07. The molecule has 0 saturated carbocycles. The van der Waals surface area contributed by atoms with E-state index in [2.05, 4.69) is 10.5 Å². The smallest absolute Gasteiger partial charge is 0.251 e. The fourth-order valence-corrected chi connectivity index (χ4v) is 2.89. The highest BCUT2D eigenvalue weighted by atomic mass is 32.2. The molecule has 24 heavy (non-hydrogen) atoms. The maximum absolute atomic E-state index is 12.1. The molecule has 2 rings (SSSR count). The summed E-state index contributed by atoms with van der Waals surface area (Å²) in [5.74, 6) is 1.04. The minimum Gasteiger partial charge on any atom is -0.497 e. The summed E-state index contributed by atoms with van der Waals surface area (Å²) >= 11 is 0. The maximum Gasteiger partial charge on any atom is 0.251 e. The van der Waals surface area contributed by atoms with E-state index in [0.29, 0.717) is 17.1 Å². The molecule has 130 valence electrons. The third-order valence-corrected chi connectivity index (χ3v) is 4.39. The number of ether oxygens (including phenoxy) is 1. The van der Waals surface area contributed by atoms with Crippen LogP contribution >= 0.6 is 0 Å². The molecule has 0 aliphatic rings. The Bertz CT molecular complexity index is 799. The number of nitrogens with zero attached hydrogens (tertiary/aromatic N) is 2. The van der Waals surface area contributed by atoms with Gasteiger partial charge in [-0.05, 0) is 31.2 Å². The van der Waals surface area contributed by atoms with E-state index in [4.69, 9.17) is 9.26 Å². The van der Waals surface area contributed by atoms with Crippen LogP contribution in [-0.2, 0) is 10.0 Å². The summed E-state index contributed by atoms with van der Waals surface area (Å²) in [4.78, 5) is 12.1. The predicted molar refractivity (Wildman–Crippen MR) is 88.8 cm³/mol. The van der Waals surface area contributed by atoms with Gasteiger partial charge in [-0.1, -0.05) is 5.16 Å². The van der Waals surface area contributed by atoms with Crippen LogP contribution in [0.15, 0.2) is 34.9 Å². The van der Waals surface area contributed by atoms with E-state index in [-0.39, 0.29) is 24.8 Å². The highest BCUT2D eigenvalue weighted by Gasteiger charge is 2.20. The predicted octanol–water partition coefficient (Wildman–Crippen LogP) is 1.19. The number of amides is 1. The average molecular weight is 353 g/mol. The van der Waals surface area contributed by atoms with Crippen LogP contribution in [0.5, 0.6) is 5.75 Å². The number of methoxy groups -OCH3 is 1. The second-order valence-electron chi connectivity index (χ2n) is 5.12. The van der Waals surface area contributed by atoms with Crippen molar-refractivity contribution in [1.29, 1.82) is 0 Å². The van der Waals surface area contributed by atoms with Gasteiger partial charge in [-0.3, -0.25) is 4.79 Å². The quantitative estimate of drug-likeness (QED) is 0.802. The molecule has 0 bridgehead atoms. The molecule has 0 aliphatic carbocycles. The Morgan fingerprint density at radius 2 is 2.00 bits per heavy atom. The third-order valence-electron chi connectivity index (χ3n) is 3.22. The normalized spacial score (nSPS) is 11.1. The van der Waals surface area contributed by atoms with Crippen molar-refractivity contribution >= 4 is 21.7 Å². The van der Waals surface area contributed by atoms with Crippen molar-refractivity contribution in [3.63, 3.8) is 0 Å². The average Bonchev–Trinajstić information content (AvgIpc) is 2.96. The van der Waals surface area contributed by atoms with Crippen LogP contribution in [0.4, 0.5) is 5.82 Å². The Morgan fingerprint density at radius 3 is 2.50 bits per heavy atom. The van der Waals surface area contributed by atoms with Gasteiger partial charge in [0.05, 0.1) is 19.9 Å². The minimum atomic E-state index is -3.53. The Morgan fingerprint density at radius 1 is 1.33 bits per heavy atom. The molecule has 0 fully saturated rings. The molecule has 1 heterocycles. The molecular formula is C15H19N3O5S. The van der Waals surface area contributed by atoms with Gasteiger partial charge in [-0.25, -0.2) is 12.7 Å². The maximum atomic E-state index is 12.1. The second kappa shape index (κ2) is 7.35. The monoisotopic (exact) mass is 353 g/mol. The number of benzene rings is 1. The number of anilines is 1. The first-order valence-corrected chi connectivity index (χ1v) is 8.99. The number of hydrogen-bond donors (Lipinski definition) is 1. The van der Waals surface area contributed by atoms with Crippen LogP contribution in [-0.4, -0.2) is 45.9 Å². The molecule has 2 aromatic rings. The van der Waals surface area contributed by atoms with Crippen molar-refractivity contribution in [3.8, 4) is 5.75 Å². The molecule has 1 N–H and O–H groups in total. The van der Waals surface area contributed by atoms with E-state index in [1.165, 1.54) is 6.07 Å². The van der Waals surface area contributed by atoms with Gasteiger partial charge < -0.3 is 14.6 Å². The van der Waals surface area contributed by atoms with Crippen LogP contribution in [0.25, 0.3) is 0 Å². The summed E-state index contributed by atoms with van der Waals surface area (Å²) in [6, 6.07) is 8.13. The molecule has 0 radical (unpaired) electrons. The molecule has 1 aromatic carbocycles. The Balaban J connectivity index is 1.98. The first kappa shape index (κ1) is 17.8. The lowest BCUT2D eigenvalue weighted by atomic mass is 10.2. The summed E-state index contributed by atoms with van der Waals surface area (Å²) in [7, 11) is -1.99. The number of carbonyl (C=O) groups is 1. The van der Waals surface area contributed by atoms with Gasteiger partial charge >= 0.3 is 0 Å². The number of sulfonamides is 1. The number of carbonyl (C=O) groups excluding carboxylic acids is 1. The highest BCUT2D eigenvalue weighted by molar-refractivity contribution is 7.92. The Hall–Kier alpha value is -2.55. The number of hydrogen-bond acceptors (Lipinski definition) is 6.